The Morgan fingerprint density at radius 2 is 1.94 bits per heavy atom. The van der Waals surface area contributed by atoms with Crippen molar-refractivity contribution >= 4 is 67.1 Å². The molecule has 0 aromatic carbocycles. The summed E-state index contributed by atoms with van der Waals surface area (Å²) in [5, 5.41) is 21.0. The number of fused-ring (bicyclic) bond motifs is 1. The van der Waals surface area contributed by atoms with Gasteiger partial charge in [-0.15, -0.1) is 0 Å². The SMILES string of the molecule is CSc1nc(N)c2ncn([C@@H]3O[C@H](COP(=O)(O)C(Cl)(Cl)P(=O)(O)O)[C@@H](O)[C@H]3O)c2n1. The minimum absolute atomic E-state index is 0.0836. The van der Waals surface area contributed by atoms with Crippen LogP contribution in [-0.4, -0.2) is 79.4 Å². The molecule has 0 bridgehead atoms. The summed E-state index contributed by atoms with van der Waals surface area (Å²) in [6.45, 7) is -0.885. The molecule has 0 spiro atoms. The number of aliphatic hydroxyl groups is 2. The highest BCUT2D eigenvalue weighted by Crippen LogP contribution is 2.75. The van der Waals surface area contributed by atoms with E-state index in [4.69, 9.17) is 43.5 Å². The minimum atomic E-state index is -5.47. The molecule has 0 aliphatic carbocycles. The fourth-order valence-corrected chi connectivity index (χ4v) is 5.36. The number of hydrogen-bond donors (Lipinski definition) is 6. The van der Waals surface area contributed by atoms with Crippen molar-refractivity contribution in [2.45, 2.75) is 33.5 Å². The number of imidazole rings is 1. The molecule has 0 radical (unpaired) electrons. The molecular weight excluding hydrogens is 523 g/mol. The Labute approximate surface area is 188 Å². The predicted octanol–water partition coefficient (Wildman–Crippen LogP) is 0.218. The Balaban J connectivity index is 1.83. The largest absolute Gasteiger partial charge is 0.387 e. The van der Waals surface area contributed by atoms with Crippen LogP contribution in [0.1, 0.15) is 6.23 Å². The number of rotatable bonds is 7. The second kappa shape index (κ2) is 8.67. The molecule has 1 fully saturated rings. The molecule has 19 heteroatoms. The summed E-state index contributed by atoms with van der Waals surface area (Å²) in [7, 11) is -10.8. The molecule has 0 amide bonds. The highest BCUT2D eigenvalue weighted by Gasteiger charge is 2.60. The number of halogens is 2. The Hall–Kier alpha value is -0.540. The van der Waals surface area contributed by atoms with Crippen molar-refractivity contribution in [3.8, 4) is 0 Å². The molecule has 2 aromatic rings. The monoisotopic (exact) mass is 539 g/mol. The second-order valence-corrected chi connectivity index (χ2v) is 13.6. The van der Waals surface area contributed by atoms with Crippen molar-refractivity contribution in [3.63, 3.8) is 0 Å². The van der Waals surface area contributed by atoms with Gasteiger partial charge in [0.05, 0.1) is 12.9 Å². The van der Waals surface area contributed by atoms with Crippen molar-refractivity contribution in [3.05, 3.63) is 6.33 Å². The topological polar surface area (TPSA) is 223 Å². The van der Waals surface area contributed by atoms with Crippen LogP contribution >= 0.6 is 50.2 Å². The van der Waals surface area contributed by atoms with Gasteiger partial charge in [-0.1, -0.05) is 35.0 Å². The molecule has 31 heavy (non-hydrogen) atoms. The molecule has 1 saturated heterocycles. The van der Waals surface area contributed by atoms with E-state index in [2.05, 4.69) is 19.5 Å². The quantitative estimate of drug-likeness (QED) is 0.120. The molecule has 174 valence electrons. The zero-order valence-corrected chi connectivity index (χ0v) is 19.5. The summed E-state index contributed by atoms with van der Waals surface area (Å²) >= 11 is 11.9. The van der Waals surface area contributed by atoms with Gasteiger partial charge in [0.2, 0.25) is 0 Å². The fourth-order valence-electron chi connectivity index (χ4n) is 2.71. The number of thioether (sulfide) groups is 1. The van der Waals surface area contributed by atoms with E-state index in [1.54, 1.807) is 6.26 Å². The lowest BCUT2D eigenvalue weighted by Crippen LogP contribution is -2.34. The van der Waals surface area contributed by atoms with Gasteiger partial charge in [0, 0.05) is 0 Å². The molecule has 3 rings (SSSR count). The van der Waals surface area contributed by atoms with E-state index in [0.29, 0.717) is 5.16 Å². The molecule has 2 aromatic heterocycles. The fraction of sp³-hybridized carbons (Fsp3) is 0.583. The van der Waals surface area contributed by atoms with Crippen molar-refractivity contribution in [2.75, 3.05) is 18.6 Å². The first kappa shape index (κ1) is 25.1. The van der Waals surface area contributed by atoms with E-state index in [-0.39, 0.29) is 17.0 Å². The predicted molar refractivity (Wildman–Crippen MR) is 110 cm³/mol. The molecular formula is C12H17Cl2N5O9P2S. The third-order valence-electron chi connectivity index (χ3n) is 4.33. The van der Waals surface area contributed by atoms with Crippen LogP contribution in [0.15, 0.2) is 11.5 Å². The summed E-state index contributed by atoms with van der Waals surface area (Å²) in [6.07, 6.45) is -2.88. The number of alkyl halides is 2. The molecule has 5 atom stereocenters. The maximum absolute atomic E-state index is 12.1. The van der Waals surface area contributed by atoms with Crippen LogP contribution in [0.3, 0.4) is 0 Å². The van der Waals surface area contributed by atoms with Crippen LogP contribution in [-0.2, 0) is 18.4 Å². The summed E-state index contributed by atoms with van der Waals surface area (Å²) in [4.78, 5) is 40.3. The van der Waals surface area contributed by atoms with Gasteiger partial charge in [-0.05, 0) is 6.26 Å². The molecule has 1 aliphatic rings. The molecule has 7 N–H and O–H groups in total. The summed E-state index contributed by atoms with van der Waals surface area (Å²) < 4.78 is 31.4. The maximum atomic E-state index is 12.1. The highest BCUT2D eigenvalue weighted by molar-refractivity contribution is 7.98. The average molecular weight is 540 g/mol. The molecule has 1 aliphatic heterocycles. The van der Waals surface area contributed by atoms with Crippen molar-refractivity contribution in [2.24, 2.45) is 0 Å². The van der Waals surface area contributed by atoms with Crippen molar-refractivity contribution in [1.82, 2.24) is 19.5 Å². The Morgan fingerprint density at radius 3 is 2.52 bits per heavy atom. The number of ether oxygens (including phenoxy) is 1. The number of aromatic nitrogens is 4. The average Bonchev–Trinajstić information content (AvgIpc) is 3.21. The van der Waals surface area contributed by atoms with Crippen LogP contribution in [0.5, 0.6) is 0 Å². The van der Waals surface area contributed by atoms with Gasteiger partial charge in [0.15, 0.2) is 22.8 Å². The van der Waals surface area contributed by atoms with Gasteiger partial charge < -0.3 is 39.9 Å². The van der Waals surface area contributed by atoms with Crippen LogP contribution < -0.4 is 5.73 Å². The van der Waals surface area contributed by atoms with E-state index >= 15 is 0 Å². The van der Waals surface area contributed by atoms with Gasteiger partial charge in [-0.25, -0.2) is 15.0 Å². The van der Waals surface area contributed by atoms with Crippen LogP contribution in [0.4, 0.5) is 5.82 Å². The number of nitrogens with zero attached hydrogens (tertiary/aromatic N) is 4. The van der Waals surface area contributed by atoms with Gasteiger partial charge >= 0.3 is 19.0 Å². The zero-order valence-electron chi connectivity index (χ0n) is 15.4. The summed E-state index contributed by atoms with van der Waals surface area (Å²) in [6, 6.07) is 0. The lowest BCUT2D eigenvalue weighted by Gasteiger charge is -2.26. The minimum Gasteiger partial charge on any atom is -0.387 e. The lowest BCUT2D eigenvalue weighted by molar-refractivity contribution is -0.0485. The number of hydrogen-bond acceptors (Lipinski definition) is 11. The second-order valence-electron chi connectivity index (χ2n) is 6.34. The molecule has 14 nitrogen and oxygen atoms in total. The Morgan fingerprint density at radius 1 is 1.29 bits per heavy atom. The standard InChI is InChI=1S/C12H17Cl2N5O9P2S/c1-31-11-17-8(15)5-9(18-11)19(3-16-5)10-7(21)6(20)4(28-10)2-27-30(25,26)12(13,14)29(22,23)24/h3-4,6-7,10,20-21H,2H2,1H3,(H,25,26)(H2,15,17,18)(H2,22,23,24)/t4-,6-,7-,10-/m1/s1. The Kier molecular flexibility index (Phi) is 7.02. The molecule has 3 heterocycles. The van der Waals surface area contributed by atoms with Gasteiger partial charge in [-0.2, -0.15) is 0 Å². The maximum Gasteiger partial charge on any atom is 0.376 e. The summed E-state index contributed by atoms with van der Waals surface area (Å²) in [5.41, 5.74) is 6.26. The molecule has 0 saturated carbocycles. The van der Waals surface area contributed by atoms with Crippen molar-refractivity contribution < 1.29 is 43.3 Å². The van der Waals surface area contributed by atoms with E-state index in [1.165, 1.54) is 22.7 Å². The van der Waals surface area contributed by atoms with Gasteiger partial charge in [0.1, 0.15) is 23.8 Å². The van der Waals surface area contributed by atoms with E-state index in [1.807, 2.05) is 0 Å². The Bertz CT molecular complexity index is 1080. The van der Waals surface area contributed by atoms with Crippen molar-refractivity contribution in [1.29, 1.82) is 0 Å². The lowest BCUT2D eigenvalue weighted by atomic mass is 10.1. The third kappa shape index (κ3) is 4.47. The smallest absolute Gasteiger partial charge is 0.376 e. The van der Waals surface area contributed by atoms with Crippen LogP contribution in [0.25, 0.3) is 11.2 Å². The number of anilines is 1. The highest BCUT2D eigenvalue weighted by atomic mass is 35.5. The first-order valence-electron chi connectivity index (χ1n) is 8.17. The van der Waals surface area contributed by atoms with E-state index in [0.717, 1.165) is 0 Å². The number of aliphatic hydroxyl groups excluding tert-OH is 2. The van der Waals surface area contributed by atoms with Gasteiger partial charge in [0.25, 0.3) is 0 Å². The normalized spacial score (nSPS) is 27.0. The van der Waals surface area contributed by atoms with E-state index in [9.17, 15) is 24.2 Å². The number of nitrogens with two attached hydrogens (primary N) is 1. The number of nitrogen functional groups attached to an aromatic ring is 1. The van der Waals surface area contributed by atoms with Gasteiger partial charge in [-0.3, -0.25) is 13.7 Å². The summed E-state index contributed by atoms with van der Waals surface area (Å²) in [5.74, 6) is 0.0836. The zero-order chi connectivity index (χ0) is 23.4. The first-order chi connectivity index (χ1) is 14.2. The first-order valence-corrected chi connectivity index (χ1v) is 13.3. The van der Waals surface area contributed by atoms with Crippen LogP contribution in [0, 0.1) is 0 Å². The van der Waals surface area contributed by atoms with Crippen LogP contribution in [0.2, 0.25) is 0 Å². The van der Waals surface area contributed by atoms with E-state index < -0.39 is 50.2 Å². The molecule has 1 unspecified atom stereocenters. The third-order valence-corrected chi connectivity index (χ3v) is 10.9.